The Balaban J connectivity index is 2.20. The summed E-state index contributed by atoms with van der Waals surface area (Å²) >= 11 is 0. The summed E-state index contributed by atoms with van der Waals surface area (Å²) in [7, 11) is 1.59. The first-order chi connectivity index (χ1) is 10.7. The molecule has 0 N–H and O–H groups in total. The second-order valence-corrected chi connectivity index (χ2v) is 5.68. The summed E-state index contributed by atoms with van der Waals surface area (Å²) in [4.78, 5) is 13.9. The molecule has 0 aliphatic heterocycles. The number of carbonyl (C=O) groups excluding carboxylic acids is 1. The number of rotatable bonds is 3. The number of aryl methyl sites for hydroxylation is 2. The van der Waals surface area contributed by atoms with Crippen LogP contribution in [0, 0.1) is 13.8 Å². The lowest BCUT2D eigenvalue weighted by Crippen LogP contribution is -2.27. The smallest absolute Gasteiger partial charge is 0.337 e. The van der Waals surface area contributed by atoms with Gasteiger partial charge in [-0.15, -0.1) is 0 Å². The van der Waals surface area contributed by atoms with Crippen molar-refractivity contribution in [1.29, 1.82) is 0 Å². The third kappa shape index (κ3) is 4.12. The van der Waals surface area contributed by atoms with Crippen LogP contribution in [0.5, 0.6) is 0 Å². The van der Waals surface area contributed by atoms with Gasteiger partial charge in [0.2, 0.25) is 0 Å². The van der Waals surface area contributed by atoms with Crippen molar-refractivity contribution in [3.63, 3.8) is 0 Å². The Morgan fingerprint density at radius 2 is 1.78 bits per heavy atom. The third-order valence-corrected chi connectivity index (χ3v) is 3.64. The maximum atomic E-state index is 12.7. The normalized spacial score (nSPS) is 11.4. The van der Waals surface area contributed by atoms with Crippen LogP contribution in [0.1, 0.15) is 32.6 Å². The predicted octanol–water partition coefficient (Wildman–Crippen LogP) is 4.59. The third-order valence-electron chi connectivity index (χ3n) is 3.64. The molecule has 2 aromatic rings. The number of nitrogens with zero attached hydrogens (tertiary/aromatic N) is 1. The molecule has 0 radical (unpaired) electrons. The Labute approximate surface area is 133 Å². The van der Waals surface area contributed by atoms with Gasteiger partial charge in [-0.1, -0.05) is 29.8 Å². The molecule has 2 nitrogen and oxygen atoms in total. The summed E-state index contributed by atoms with van der Waals surface area (Å²) in [6.07, 6.45) is -4.38. The van der Waals surface area contributed by atoms with Crippen molar-refractivity contribution in [2.24, 2.45) is 0 Å². The maximum absolute atomic E-state index is 12.7. The van der Waals surface area contributed by atoms with E-state index in [4.69, 9.17) is 0 Å². The Bertz CT molecular complexity index is 722. The van der Waals surface area contributed by atoms with E-state index in [1.807, 2.05) is 26.0 Å². The molecule has 0 aromatic heterocycles. The van der Waals surface area contributed by atoms with Crippen LogP contribution < -0.4 is 0 Å². The van der Waals surface area contributed by atoms with Gasteiger partial charge in [0.05, 0.1) is 5.56 Å². The maximum Gasteiger partial charge on any atom is 0.416 e. The van der Waals surface area contributed by atoms with Crippen molar-refractivity contribution in [2.75, 3.05) is 7.05 Å². The van der Waals surface area contributed by atoms with Crippen molar-refractivity contribution in [2.45, 2.75) is 26.6 Å². The quantitative estimate of drug-likeness (QED) is 0.809. The van der Waals surface area contributed by atoms with Crippen LogP contribution in [-0.4, -0.2) is 17.9 Å². The Morgan fingerprint density at radius 3 is 2.43 bits per heavy atom. The average molecular weight is 321 g/mol. The zero-order chi connectivity index (χ0) is 17.2. The molecule has 0 atom stereocenters. The summed E-state index contributed by atoms with van der Waals surface area (Å²) < 4.78 is 38.2. The molecule has 0 aliphatic rings. The fraction of sp³-hybridized carbons (Fsp3) is 0.278. The average Bonchev–Trinajstić information content (AvgIpc) is 2.48. The number of halogens is 3. The highest BCUT2D eigenvalue weighted by Gasteiger charge is 2.30. The topological polar surface area (TPSA) is 20.3 Å². The lowest BCUT2D eigenvalue weighted by Gasteiger charge is -2.19. The molecule has 0 saturated carbocycles. The molecule has 0 heterocycles. The lowest BCUT2D eigenvalue weighted by atomic mass is 10.0. The zero-order valence-corrected chi connectivity index (χ0v) is 13.2. The van der Waals surface area contributed by atoms with Gasteiger partial charge in [0.15, 0.2) is 0 Å². The van der Waals surface area contributed by atoms with Crippen LogP contribution >= 0.6 is 0 Å². The Hall–Kier alpha value is -2.30. The minimum absolute atomic E-state index is 0.121. The van der Waals surface area contributed by atoms with Crippen LogP contribution in [0.25, 0.3) is 0 Å². The first-order valence-corrected chi connectivity index (χ1v) is 7.17. The summed E-state index contributed by atoms with van der Waals surface area (Å²) in [6.45, 7) is 3.85. The van der Waals surface area contributed by atoms with Crippen molar-refractivity contribution in [3.05, 3.63) is 70.3 Å². The van der Waals surface area contributed by atoms with Gasteiger partial charge in [0.1, 0.15) is 0 Å². The van der Waals surface area contributed by atoms with Gasteiger partial charge < -0.3 is 4.90 Å². The molecule has 2 rings (SSSR count). The second-order valence-electron chi connectivity index (χ2n) is 5.68. The summed E-state index contributed by atoms with van der Waals surface area (Å²) in [6, 6.07) is 10.6. The Morgan fingerprint density at radius 1 is 1.09 bits per heavy atom. The number of carbonyl (C=O) groups is 1. The van der Waals surface area contributed by atoms with Crippen molar-refractivity contribution < 1.29 is 18.0 Å². The minimum Gasteiger partial charge on any atom is -0.337 e. The molecule has 0 bridgehead atoms. The largest absolute Gasteiger partial charge is 0.416 e. The van der Waals surface area contributed by atoms with Crippen LogP contribution in [0.3, 0.4) is 0 Å². The highest BCUT2D eigenvalue weighted by molar-refractivity contribution is 5.95. The highest BCUT2D eigenvalue weighted by atomic mass is 19.4. The van der Waals surface area contributed by atoms with E-state index in [1.165, 1.54) is 11.0 Å². The minimum atomic E-state index is -4.38. The molecular formula is C18H18F3NO. The van der Waals surface area contributed by atoms with Gasteiger partial charge in [0, 0.05) is 19.2 Å². The molecule has 0 saturated heterocycles. The van der Waals surface area contributed by atoms with E-state index in [0.717, 1.165) is 23.3 Å². The molecule has 1 amide bonds. The first kappa shape index (κ1) is 17.1. The molecule has 5 heteroatoms. The number of hydrogen-bond acceptors (Lipinski definition) is 1. The molecule has 0 unspecified atom stereocenters. The predicted molar refractivity (Wildman–Crippen MR) is 83.2 cm³/mol. The molecule has 0 spiro atoms. The van der Waals surface area contributed by atoms with Crippen LogP contribution in [-0.2, 0) is 12.7 Å². The van der Waals surface area contributed by atoms with Crippen LogP contribution in [0.15, 0.2) is 42.5 Å². The number of hydrogen-bond donors (Lipinski definition) is 0. The zero-order valence-electron chi connectivity index (χ0n) is 13.2. The van der Waals surface area contributed by atoms with Gasteiger partial charge in [-0.05, 0) is 43.2 Å². The molecule has 23 heavy (non-hydrogen) atoms. The summed E-state index contributed by atoms with van der Waals surface area (Å²) in [5, 5.41) is 0. The van der Waals surface area contributed by atoms with Gasteiger partial charge >= 0.3 is 6.18 Å². The van der Waals surface area contributed by atoms with E-state index in [0.29, 0.717) is 11.1 Å². The van der Waals surface area contributed by atoms with Gasteiger partial charge in [-0.3, -0.25) is 4.79 Å². The molecule has 0 fully saturated rings. The molecule has 0 aliphatic carbocycles. The Kier molecular flexibility index (Phi) is 4.78. The van der Waals surface area contributed by atoms with Gasteiger partial charge in [-0.2, -0.15) is 13.2 Å². The standard InChI is InChI=1S/C18H18F3NO/c1-12-7-8-13(2)16(9-12)17(23)22(3)11-14-5-4-6-15(10-14)18(19,20)21/h4-10H,11H2,1-3H3. The van der Waals surface area contributed by atoms with E-state index in [1.54, 1.807) is 19.2 Å². The fourth-order valence-corrected chi connectivity index (χ4v) is 2.36. The van der Waals surface area contributed by atoms with Gasteiger partial charge in [-0.25, -0.2) is 0 Å². The van der Waals surface area contributed by atoms with Crippen LogP contribution in [0.2, 0.25) is 0 Å². The SMILES string of the molecule is Cc1ccc(C)c(C(=O)N(C)Cc2cccc(C(F)(F)F)c2)c1. The van der Waals surface area contributed by atoms with Crippen molar-refractivity contribution in [3.8, 4) is 0 Å². The molecular weight excluding hydrogens is 303 g/mol. The van der Waals surface area contributed by atoms with E-state index in [9.17, 15) is 18.0 Å². The summed E-state index contributed by atoms with van der Waals surface area (Å²) in [5.41, 5.74) is 2.12. The van der Waals surface area contributed by atoms with E-state index < -0.39 is 11.7 Å². The van der Waals surface area contributed by atoms with Crippen molar-refractivity contribution in [1.82, 2.24) is 4.90 Å². The van der Waals surface area contributed by atoms with E-state index >= 15 is 0 Å². The van der Waals surface area contributed by atoms with E-state index in [-0.39, 0.29) is 12.5 Å². The number of amides is 1. The van der Waals surface area contributed by atoms with Crippen LogP contribution in [0.4, 0.5) is 13.2 Å². The first-order valence-electron chi connectivity index (χ1n) is 7.17. The second kappa shape index (κ2) is 6.44. The lowest BCUT2D eigenvalue weighted by molar-refractivity contribution is -0.137. The molecule has 2 aromatic carbocycles. The highest BCUT2D eigenvalue weighted by Crippen LogP contribution is 2.29. The molecule has 122 valence electrons. The number of alkyl halides is 3. The summed E-state index contributed by atoms with van der Waals surface area (Å²) in [5.74, 6) is -0.205. The van der Waals surface area contributed by atoms with Crippen molar-refractivity contribution >= 4 is 5.91 Å². The monoisotopic (exact) mass is 321 g/mol. The number of benzene rings is 2. The fourth-order valence-electron chi connectivity index (χ4n) is 2.36. The van der Waals surface area contributed by atoms with E-state index in [2.05, 4.69) is 0 Å². The van der Waals surface area contributed by atoms with Gasteiger partial charge in [0.25, 0.3) is 5.91 Å².